The lowest BCUT2D eigenvalue weighted by molar-refractivity contribution is -0.130. The first kappa shape index (κ1) is 20.9. The van der Waals surface area contributed by atoms with Crippen LogP contribution in [0.15, 0.2) is 66.7 Å². The van der Waals surface area contributed by atoms with Crippen LogP contribution in [0.5, 0.6) is 5.75 Å². The van der Waals surface area contributed by atoms with Crippen molar-refractivity contribution in [3.8, 4) is 5.75 Å². The van der Waals surface area contributed by atoms with E-state index in [1.54, 1.807) is 0 Å². The zero-order chi connectivity index (χ0) is 21.8. The molecule has 2 amide bonds. The van der Waals surface area contributed by atoms with Crippen LogP contribution in [0, 0.1) is 5.92 Å². The average molecular weight is 417 g/mol. The van der Waals surface area contributed by atoms with Gasteiger partial charge in [0.1, 0.15) is 11.8 Å². The molecule has 0 saturated heterocycles. The van der Waals surface area contributed by atoms with Crippen molar-refractivity contribution in [3.63, 3.8) is 0 Å². The quantitative estimate of drug-likeness (QED) is 0.634. The lowest BCUT2D eigenvalue weighted by atomic mass is 9.97. The molecule has 1 heterocycles. The van der Waals surface area contributed by atoms with Gasteiger partial charge in [-0.3, -0.25) is 9.59 Å². The summed E-state index contributed by atoms with van der Waals surface area (Å²) in [6, 6.07) is 21.0. The largest absolute Gasteiger partial charge is 0.493 e. The summed E-state index contributed by atoms with van der Waals surface area (Å²) in [5.74, 6) is 0.451. The SMILES string of the molecule is CC(C)[C@H](NC(=O)Cc1cccc2ccccc12)C(=O)N[C@@H]1CCOc2ccccc21. The summed E-state index contributed by atoms with van der Waals surface area (Å²) in [6.07, 6.45) is 0.940. The van der Waals surface area contributed by atoms with Crippen LogP contribution in [-0.2, 0) is 16.0 Å². The molecule has 0 bridgehead atoms. The number of carbonyl (C=O) groups is 2. The second kappa shape index (κ2) is 9.21. The predicted octanol–water partition coefficient (Wildman–Crippen LogP) is 4.16. The predicted molar refractivity (Wildman–Crippen MR) is 122 cm³/mol. The van der Waals surface area contributed by atoms with Gasteiger partial charge in [-0.05, 0) is 28.3 Å². The molecule has 31 heavy (non-hydrogen) atoms. The van der Waals surface area contributed by atoms with E-state index < -0.39 is 6.04 Å². The molecule has 4 rings (SSSR count). The second-order valence-corrected chi connectivity index (χ2v) is 8.34. The van der Waals surface area contributed by atoms with Crippen LogP contribution in [-0.4, -0.2) is 24.5 Å². The number of benzene rings is 3. The Morgan fingerprint density at radius 2 is 1.74 bits per heavy atom. The molecule has 160 valence electrons. The molecule has 0 aliphatic carbocycles. The zero-order valence-electron chi connectivity index (χ0n) is 17.9. The maximum atomic E-state index is 13.1. The van der Waals surface area contributed by atoms with Gasteiger partial charge in [-0.15, -0.1) is 0 Å². The number of rotatable bonds is 6. The number of nitrogens with one attached hydrogen (secondary N) is 2. The Hall–Kier alpha value is -3.34. The molecule has 5 heteroatoms. The number of fused-ring (bicyclic) bond motifs is 2. The third-order valence-electron chi connectivity index (χ3n) is 5.77. The van der Waals surface area contributed by atoms with Crippen LogP contribution >= 0.6 is 0 Å². The van der Waals surface area contributed by atoms with Crippen molar-refractivity contribution in [2.75, 3.05) is 6.61 Å². The fourth-order valence-corrected chi connectivity index (χ4v) is 4.13. The van der Waals surface area contributed by atoms with E-state index in [1.165, 1.54) is 0 Å². The molecule has 0 saturated carbocycles. The van der Waals surface area contributed by atoms with Crippen molar-refractivity contribution in [2.45, 2.75) is 38.8 Å². The third kappa shape index (κ3) is 4.71. The van der Waals surface area contributed by atoms with Crippen molar-refractivity contribution < 1.29 is 14.3 Å². The summed E-state index contributed by atoms with van der Waals surface area (Å²) in [5.41, 5.74) is 1.93. The summed E-state index contributed by atoms with van der Waals surface area (Å²) in [6.45, 7) is 4.45. The highest BCUT2D eigenvalue weighted by molar-refractivity contribution is 5.92. The van der Waals surface area contributed by atoms with Crippen LogP contribution in [0.2, 0.25) is 0 Å². The highest BCUT2D eigenvalue weighted by Gasteiger charge is 2.29. The molecule has 0 radical (unpaired) electrons. The van der Waals surface area contributed by atoms with Crippen molar-refractivity contribution in [1.82, 2.24) is 10.6 Å². The lowest BCUT2D eigenvalue weighted by Crippen LogP contribution is -2.51. The van der Waals surface area contributed by atoms with E-state index in [2.05, 4.69) is 10.6 Å². The number of carbonyl (C=O) groups excluding carboxylic acids is 2. The first-order valence-corrected chi connectivity index (χ1v) is 10.8. The van der Waals surface area contributed by atoms with E-state index in [-0.39, 0.29) is 30.2 Å². The monoisotopic (exact) mass is 416 g/mol. The molecular weight excluding hydrogens is 388 g/mol. The number of amides is 2. The average Bonchev–Trinajstić information content (AvgIpc) is 2.78. The van der Waals surface area contributed by atoms with Gasteiger partial charge < -0.3 is 15.4 Å². The van der Waals surface area contributed by atoms with Crippen molar-refractivity contribution in [1.29, 1.82) is 0 Å². The summed E-state index contributed by atoms with van der Waals surface area (Å²) >= 11 is 0. The smallest absolute Gasteiger partial charge is 0.243 e. The molecule has 3 aromatic carbocycles. The van der Waals surface area contributed by atoms with Crippen LogP contribution in [0.3, 0.4) is 0 Å². The Bertz CT molecular complexity index is 1090. The topological polar surface area (TPSA) is 67.4 Å². The second-order valence-electron chi connectivity index (χ2n) is 8.34. The van der Waals surface area contributed by atoms with Gasteiger partial charge in [-0.2, -0.15) is 0 Å². The Morgan fingerprint density at radius 3 is 2.58 bits per heavy atom. The molecule has 0 unspecified atom stereocenters. The fourth-order valence-electron chi connectivity index (χ4n) is 4.13. The van der Waals surface area contributed by atoms with Crippen LogP contribution < -0.4 is 15.4 Å². The van der Waals surface area contributed by atoms with Crippen LogP contribution in [0.1, 0.15) is 37.4 Å². The zero-order valence-corrected chi connectivity index (χ0v) is 17.9. The summed E-state index contributed by atoms with van der Waals surface area (Å²) in [7, 11) is 0. The standard InChI is InChI=1S/C26H28N2O3/c1-17(2)25(26(30)27-22-14-15-31-23-13-6-5-12-21(22)23)28-24(29)16-19-10-7-9-18-8-3-4-11-20(18)19/h3-13,17,22,25H,14-16H2,1-2H3,(H,27,30)(H,28,29)/t22-,25+/m1/s1. The highest BCUT2D eigenvalue weighted by Crippen LogP contribution is 2.31. The Kier molecular flexibility index (Phi) is 6.21. The van der Waals surface area contributed by atoms with Crippen LogP contribution in [0.25, 0.3) is 10.8 Å². The van der Waals surface area contributed by atoms with E-state index in [0.717, 1.165) is 27.6 Å². The maximum Gasteiger partial charge on any atom is 0.243 e. The minimum atomic E-state index is -0.600. The van der Waals surface area contributed by atoms with Crippen molar-refractivity contribution >= 4 is 22.6 Å². The molecule has 2 N–H and O–H groups in total. The number of para-hydroxylation sites is 1. The fraction of sp³-hybridized carbons (Fsp3) is 0.308. The third-order valence-corrected chi connectivity index (χ3v) is 5.77. The molecule has 1 aliphatic rings. The maximum absolute atomic E-state index is 13.1. The minimum Gasteiger partial charge on any atom is -0.493 e. The Balaban J connectivity index is 1.45. The number of ether oxygens (including phenoxy) is 1. The minimum absolute atomic E-state index is 0.0356. The first-order chi connectivity index (χ1) is 15.0. The van der Waals surface area contributed by atoms with Crippen molar-refractivity contribution in [3.05, 3.63) is 77.9 Å². The summed E-state index contributed by atoms with van der Waals surface area (Å²) in [5, 5.41) is 8.24. The van der Waals surface area contributed by atoms with Gasteiger partial charge in [0.15, 0.2) is 0 Å². The molecule has 0 spiro atoms. The van der Waals surface area contributed by atoms with E-state index in [1.807, 2.05) is 80.6 Å². The van der Waals surface area contributed by atoms with Gasteiger partial charge in [0.25, 0.3) is 0 Å². The van der Waals surface area contributed by atoms with E-state index >= 15 is 0 Å². The molecule has 0 fully saturated rings. The molecule has 1 aliphatic heterocycles. The van der Waals surface area contributed by atoms with Gasteiger partial charge in [-0.1, -0.05) is 74.5 Å². The van der Waals surface area contributed by atoms with E-state index in [9.17, 15) is 9.59 Å². The highest BCUT2D eigenvalue weighted by atomic mass is 16.5. The molecule has 5 nitrogen and oxygen atoms in total. The molecular formula is C26H28N2O3. The van der Waals surface area contributed by atoms with Gasteiger partial charge in [0.05, 0.1) is 19.1 Å². The molecule has 0 aromatic heterocycles. The number of hydrogen-bond donors (Lipinski definition) is 2. The number of hydrogen-bond acceptors (Lipinski definition) is 3. The molecule has 3 aromatic rings. The van der Waals surface area contributed by atoms with Crippen molar-refractivity contribution in [2.24, 2.45) is 5.92 Å². The van der Waals surface area contributed by atoms with Gasteiger partial charge in [0.2, 0.25) is 11.8 Å². The van der Waals surface area contributed by atoms with Gasteiger partial charge in [-0.25, -0.2) is 0 Å². The Morgan fingerprint density at radius 1 is 1.00 bits per heavy atom. The summed E-state index contributed by atoms with van der Waals surface area (Å²) < 4.78 is 5.69. The normalized spacial score (nSPS) is 16.3. The van der Waals surface area contributed by atoms with E-state index in [4.69, 9.17) is 4.74 Å². The molecule has 2 atom stereocenters. The van der Waals surface area contributed by atoms with Crippen LogP contribution in [0.4, 0.5) is 0 Å². The first-order valence-electron chi connectivity index (χ1n) is 10.8. The Labute approximate surface area is 182 Å². The lowest BCUT2D eigenvalue weighted by Gasteiger charge is -2.29. The van der Waals surface area contributed by atoms with E-state index in [0.29, 0.717) is 13.0 Å². The van der Waals surface area contributed by atoms with Gasteiger partial charge in [0, 0.05) is 12.0 Å². The summed E-state index contributed by atoms with van der Waals surface area (Å²) in [4.78, 5) is 26.0. The van der Waals surface area contributed by atoms with Gasteiger partial charge >= 0.3 is 0 Å².